The van der Waals surface area contributed by atoms with Crippen molar-refractivity contribution in [1.29, 1.82) is 0 Å². The molecule has 23 heavy (non-hydrogen) atoms. The summed E-state index contributed by atoms with van der Waals surface area (Å²) in [5.74, 6) is 0.347. The molecule has 0 bridgehead atoms. The highest BCUT2D eigenvalue weighted by Crippen LogP contribution is 2.27. The van der Waals surface area contributed by atoms with E-state index in [9.17, 15) is 4.79 Å². The van der Waals surface area contributed by atoms with E-state index in [0.29, 0.717) is 5.78 Å². The first-order valence-corrected chi connectivity index (χ1v) is 9.66. The number of Topliss-reactive ketones (excluding diaryl/α,β-unsaturated/α-hetero) is 1. The highest BCUT2D eigenvalue weighted by atomic mass is 16.1. The molecule has 2 aliphatic rings. The van der Waals surface area contributed by atoms with E-state index in [1.165, 1.54) is 51.4 Å². The van der Waals surface area contributed by atoms with Gasteiger partial charge in [0.1, 0.15) is 0 Å². The number of unbranched alkanes of at least 4 members (excludes halogenated alkanes) is 7. The molecule has 0 aromatic heterocycles. The molecular weight excluding hydrogens is 286 g/mol. The summed E-state index contributed by atoms with van der Waals surface area (Å²) in [7, 11) is 0. The van der Waals surface area contributed by atoms with E-state index in [4.69, 9.17) is 0 Å². The second kappa shape index (κ2) is 9.43. The van der Waals surface area contributed by atoms with Gasteiger partial charge in [-0.05, 0) is 19.3 Å². The zero-order valence-corrected chi connectivity index (χ0v) is 14.9. The van der Waals surface area contributed by atoms with Gasteiger partial charge < -0.3 is 5.32 Å². The van der Waals surface area contributed by atoms with Crippen molar-refractivity contribution in [2.24, 2.45) is 0 Å². The van der Waals surface area contributed by atoms with Crippen LogP contribution in [0.25, 0.3) is 0 Å². The van der Waals surface area contributed by atoms with Gasteiger partial charge >= 0.3 is 0 Å². The molecule has 1 saturated carbocycles. The largest absolute Gasteiger partial charge is 0.379 e. The number of nitrogens with one attached hydrogen (secondary N) is 3. The van der Waals surface area contributed by atoms with Gasteiger partial charge in [-0.2, -0.15) is 0 Å². The van der Waals surface area contributed by atoms with Crippen LogP contribution in [0.2, 0.25) is 0 Å². The molecule has 0 aromatic carbocycles. The zero-order chi connectivity index (χ0) is 16.5. The van der Waals surface area contributed by atoms with Crippen LogP contribution in [0.1, 0.15) is 90.4 Å². The van der Waals surface area contributed by atoms with Crippen molar-refractivity contribution in [3.63, 3.8) is 0 Å². The number of hydrazine groups is 1. The first-order chi connectivity index (χ1) is 11.2. The van der Waals surface area contributed by atoms with Crippen LogP contribution < -0.4 is 16.2 Å². The molecule has 2 fully saturated rings. The fourth-order valence-electron chi connectivity index (χ4n) is 3.58. The van der Waals surface area contributed by atoms with Crippen LogP contribution in [0, 0.1) is 0 Å². The third kappa shape index (κ3) is 6.64. The van der Waals surface area contributed by atoms with Crippen molar-refractivity contribution in [2.45, 2.75) is 102 Å². The maximum Gasteiger partial charge on any atom is 0.154 e. The summed E-state index contributed by atoms with van der Waals surface area (Å²) in [4.78, 5) is 11.7. The maximum absolute atomic E-state index is 11.7. The van der Waals surface area contributed by atoms with Crippen LogP contribution in [0.3, 0.4) is 0 Å². The van der Waals surface area contributed by atoms with Crippen molar-refractivity contribution < 1.29 is 4.79 Å². The first-order valence-electron chi connectivity index (χ1n) is 9.66. The molecule has 2 rings (SSSR count). The minimum absolute atomic E-state index is 0.0152. The summed E-state index contributed by atoms with van der Waals surface area (Å²) in [6, 6.07) is 0.0152. The molecule has 1 aliphatic heterocycles. The Morgan fingerprint density at radius 1 is 1.17 bits per heavy atom. The van der Waals surface area contributed by atoms with E-state index in [-0.39, 0.29) is 11.7 Å². The van der Waals surface area contributed by atoms with Gasteiger partial charge in [-0.3, -0.25) is 4.79 Å². The average Bonchev–Trinajstić information content (AvgIpc) is 3.17. The molecule has 3 N–H and O–H groups in total. The fraction of sp³-hybridized carbons (Fsp3) is 0.842. The molecule has 0 radical (unpaired) electrons. The average molecular weight is 322 g/mol. The Morgan fingerprint density at radius 3 is 2.39 bits per heavy atom. The summed E-state index contributed by atoms with van der Waals surface area (Å²) >= 11 is 0. The van der Waals surface area contributed by atoms with Gasteiger partial charge in [0.25, 0.3) is 0 Å². The van der Waals surface area contributed by atoms with Gasteiger partial charge in [0.15, 0.2) is 5.78 Å². The van der Waals surface area contributed by atoms with Crippen molar-refractivity contribution in [3.8, 4) is 0 Å². The molecular formula is C19H35N3O. The quantitative estimate of drug-likeness (QED) is 0.355. The minimum atomic E-state index is 0.0152. The molecule has 4 heteroatoms. The monoisotopic (exact) mass is 321 g/mol. The summed E-state index contributed by atoms with van der Waals surface area (Å²) in [6.07, 6.45) is 15.5. The topological polar surface area (TPSA) is 73.0 Å². The molecule has 4 nitrogen and oxygen atoms in total. The zero-order valence-electron chi connectivity index (χ0n) is 14.9. The van der Waals surface area contributed by atoms with Gasteiger partial charge in [0, 0.05) is 18.5 Å². The smallest absolute Gasteiger partial charge is 0.154 e. The predicted molar refractivity (Wildman–Crippen MR) is 95.8 cm³/mol. The fourth-order valence-corrected chi connectivity index (χ4v) is 3.58. The maximum atomic E-state index is 11.7. The Balaban J connectivity index is 1.53. The highest BCUT2D eigenvalue weighted by Gasteiger charge is 2.41. The van der Waals surface area contributed by atoms with Crippen LogP contribution in [-0.2, 0) is 4.79 Å². The van der Waals surface area contributed by atoms with E-state index < -0.39 is 0 Å². The van der Waals surface area contributed by atoms with Crippen molar-refractivity contribution in [2.75, 3.05) is 0 Å². The molecule has 0 spiro atoms. The molecule has 0 amide bonds. The van der Waals surface area contributed by atoms with Crippen molar-refractivity contribution >= 4 is 5.78 Å². The second-order valence-electron chi connectivity index (χ2n) is 7.39. The van der Waals surface area contributed by atoms with E-state index in [2.05, 4.69) is 29.7 Å². The Morgan fingerprint density at radius 2 is 1.83 bits per heavy atom. The van der Waals surface area contributed by atoms with E-state index in [1.54, 1.807) is 0 Å². The van der Waals surface area contributed by atoms with Crippen LogP contribution in [0.15, 0.2) is 12.3 Å². The molecule has 1 aliphatic carbocycles. The van der Waals surface area contributed by atoms with Crippen LogP contribution in [-0.4, -0.2) is 17.5 Å². The summed E-state index contributed by atoms with van der Waals surface area (Å²) in [5, 5.41) is 3.33. The summed E-state index contributed by atoms with van der Waals surface area (Å²) in [5.41, 5.74) is 7.62. The molecule has 1 saturated heterocycles. The van der Waals surface area contributed by atoms with Gasteiger partial charge in [0.05, 0.1) is 11.7 Å². The number of rotatable bonds is 13. The number of ketones is 1. The lowest BCUT2D eigenvalue weighted by molar-refractivity contribution is -0.118. The third-order valence-corrected chi connectivity index (χ3v) is 5.13. The predicted octanol–water partition coefficient (Wildman–Crippen LogP) is 3.94. The second-order valence-corrected chi connectivity index (χ2v) is 7.39. The third-order valence-electron chi connectivity index (χ3n) is 5.13. The van der Waals surface area contributed by atoms with Gasteiger partial charge in [-0.25, -0.2) is 10.9 Å². The van der Waals surface area contributed by atoms with Crippen LogP contribution in [0.5, 0.6) is 0 Å². The SMILES string of the molecule is C=C(CC1(CCCCCCCCCC)NN1)NC1CCCC1=O. The summed E-state index contributed by atoms with van der Waals surface area (Å²) in [6.45, 7) is 6.38. The van der Waals surface area contributed by atoms with E-state index >= 15 is 0 Å². The molecule has 1 atom stereocenters. The number of carbonyl (C=O) groups is 1. The van der Waals surface area contributed by atoms with Gasteiger partial charge in [-0.15, -0.1) is 0 Å². The molecule has 0 aromatic rings. The van der Waals surface area contributed by atoms with E-state index in [0.717, 1.165) is 37.8 Å². The Bertz CT molecular complexity index is 390. The lowest BCUT2D eigenvalue weighted by Crippen LogP contribution is -2.34. The normalized spacial score (nSPS) is 22.3. The summed E-state index contributed by atoms with van der Waals surface area (Å²) < 4.78 is 0. The lowest BCUT2D eigenvalue weighted by atomic mass is 9.99. The highest BCUT2D eigenvalue weighted by molar-refractivity contribution is 5.86. The Labute approximate surface area is 141 Å². The molecule has 132 valence electrons. The van der Waals surface area contributed by atoms with Crippen molar-refractivity contribution in [1.82, 2.24) is 16.2 Å². The molecule has 1 unspecified atom stereocenters. The number of hydrogen-bond acceptors (Lipinski definition) is 4. The Hall–Kier alpha value is -0.870. The minimum Gasteiger partial charge on any atom is -0.379 e. The number of hydrogen-bond donors (Lipinski definition) is 3. The van der Waals surface area contributed by atoms with Gasteiger partial charge in [0.2, 0.25) is 0 Å². The van der Waals surface area contributed by atoms with Crippen LogP contribution >= 0.6 is 0 Å². The number of carbonyl (C=O) groups excluding carboxylic acids is 1. The molecule has 1 heterocycles. The first kappa shape index (κ1) is 18.5. The Kier molecular flexibility index (Phi) is 7.57. The van der Waals surface area contributed by atoms with Crippen LogP contribution in [0.4, 0.5) is 0 Å². The van der Waals surface area contributed by atoms with Gasteiger partial charge in [-0.1, -0.05) is 64.9 Å². The van der Waals surface area contributed by atoms with Crippen molar-refractivity contribution in [3.05, 3.63) is 12.3 Å². The standard InChI is InChI=1S/C19H35N3O/c1-3-4-5-6-7-8-9-10-14-19(21-22-19)15-16(2)20-17-12-11-13-18(17)23/h17,20-22H,2-15H2,1H3. The lowest BCUT2D eigenvalue weighted by Gasteiger charge is -2.18. The van der Waals surface area contributed by atoms with E-state index in [1.807, 2.05) is 0 Å².